The highest BCUT2D eigenvalue weighted by atomic mass is 35.5. The first kappa shape index (κ1) is 25.3. The second-order valence-electron chi connectivity index (χ2n) is 9.15. The van der Waals surface area contributed by atoms with E-state index in [1.807, 2.05) is 38.1 Å². The number of oxazole rings is 1. The average molecular weight is 521 g/mol. The number of nitrogens with one attached hydrogen (secondary N) is 1. The maximum Gasteiger partial charge on any atom is 0.419 e. The summed E-state index contributed by atoms with van der Waals surface area (Å²) in [4.78, 5) is 29.0. The zero-order valence-corrected chi connectivity index (χ0v) is 21.5. The summed E-state index contributed by atoms with van der Waals surface area (Å²) in [5.74, 6) is -0.727. The Kier molecular flexibility index (Phi) is 7.25. The van der Waals surface area contributed by atoms with Crippen molar-refractivity contribution in [3.05, 3.63) is 58.0 Å². The number of piperazine rings is 1. The summed E-state index contributed by atoms with van der Waals surface area (Å²) in [6, 6.07) is 10.9. The first-order chi connectivity index (χ1) is 16.5. The fourth-order valence-corrected chi connectivity index (χ4v) is 5.61. The van der Waals surface area contributed by atoms with Crippen LogP contribution < -0.4 is 15.4 Å². The Morgan fingerprint density at radius 3 is 2.37 bits per heavy atom. The van der Waals surface area contributed by atoms with E-state index < -0.39 is 21.8 Å². The minimum Gasteiger partial charge on any atom is -0.408 e. The number of rotatable bonds is 7. The maximum atomic E-state index is 13.4. The van der Waals surface area contributed by atoms with Crippen LogP contribution in [-0.4, -0.2) is 56.0 Å². The number of sulfonamides is 1. The van der Waals surface area contributed by atoms with Crippen LogP contribution in [-0.2, 0) is 21.9 Å². The average Bonchev–Trinajstić information content (AvgIpc) is 3.11. The van der Waals surface area contributed by atoms with Gasteiger partial charge in [-0.25, -0.2) is 13.2 Å². The van der Waals surface area contributed by atoms with E-state index in [1.165, 1.54) is 22.8 Å². The van der Waals surface area contributed by atoms with Crippen LogP contribution in [0.2, 0.25) is 5.02 Å². The van der Waals surface area contributed by atoms with Gasteiger partial charge in [0.15, 0.2) is 5.58 Å². The number of nitrogens with zero attached hydrogens (tertiary/aromatic N) is 3. The van der Waals surface area contributed by atoms with Crippen molar-refractivity contribution >= 4 is 44.3 Å². The summed E-state index contributed by atoms with van der Waals surface area (Å²) in [7, 11) is -2.49. The van der Waals surface area contributed by atoms with Crippen molar-refractivity contribution in [3.8, 4) is 0 Å². The summed E-state index contributed by atoms with van der Waals surface area (Å²) < 4.78 is 35.4. The number of anilines is 1. The molecule has 1 atom stereocenters. The van der Waals surface area contributed by atoms with E-state index in [2.05, 4.69) is 9.62 Å². The van der Waals surface area contributed by atoms with Gasteiger partial charge >= 0.3 is 5.76 Å². The second-order valence-corrected chi connectivity index (χ2v) is 11.3. The molecule has 0 saturated carbocycles. The van der Waals surface area contributed by atoms with Gasteiger partial charge in [0.25, 0.3) is 0 Å². The number of hydrogen-bond donors (Lipinski definition) is 1. The minimum atomic E-state index is -4.03. The van der Waals surface area contributed by atoms with Gasteiger partial charge in [0.2, 0.25) is 15.9 Å². The second kappa shape index (κ2) is 10.0. The van der Waals surface area contributed by atoms with Gasteiger partial charge in [-0.1, -0.05) is 25.4 Å². The molecule has 1 saturated heterocycles. The quantitative estimate of drug-likeness (QED) is 0.513. The molecule has 188 valence electrons. The van der Waals surface area contributed by atoms with E-state index in [4.69, 9.17) is 16.0 Å². The lowest BCUT2D eigenvalue weighted by Crippen LogP contribution is -2.55. The Labute approximate surface area is 209 Å². The summed E-state index contributed by atoms with van der Waals surface area (Å²) in [5, 5.41) is 0.667. The lowest BCUT2D eigenvalue weighted by atomic mass is 10.0. The molecule has 0 aliphatic carbocycles. The predicted octanol–water partition coefficient (Wildman–Crippen LogP) is 2.83. The first-order valence-electron chi connectivity index (χ1n) is 11.5. The molecule has 11 heteroatoms. The van der Waals surface area contributed by atoms with Gasteiger partial charge in [-0.3, -0.25) is 9.36 Å². The Bertz CT molecular complexity index is 1370. The smallest absolute Gasteiger partial charge is 0.408 e. The van der Waals surface area contributed by atoms with Crippen molar-refractivity contribution in [2.45, 2.75) is 31.2 Å². The van der Waals surface area contributed by atoms with Gasteiger partial charge in [0, 0.05) is 50.0 Å². The summed E-state index contributed by atoms with van der Waals surface area (Å²) in [6.45, 7) is 6.13. The highest BCUT2D eigenvalue weighted by Crippen LogP contribution is 2.22. The summed E-state index contributed by atoms with van der Waals surface area (Å²) in [5.41, 5.74) is 1.69. The number of halogens is 1. The fourth-order valence-electron chi connectivity index (χ4n) is 4.26. The topological polar surface area (TPSA) is 105 Å². The molecule has 1 aliphatic heterocycles. The number of carbonyl (C=O) groups is 1. The molecule has 3 aromatic rings. The number of carbonyl (C=O) groups excluding carboxylic acids is 1. The van der Waals surface area contributed by atoms with Crippen LogP contribution in [0.25, 0.3) is 11.1 Å². The van der Waals surface area contributed by atoms with Crippen LogP contribution in [0, 0.1) is 5.92 Å². The first-order valence-corrected chi connectivity index (χ1v) is 13.3. The van der Waals surface area contributed by atoms with Gasteiger partial charge in [-0.05, 0) is 48.7 Å². The van der Waals surface area contributed by atoms with Crippen molar-refractivity contribution in [2.24, 2.45) is 13.0 Å². The number of aryl methyl sites for hydroxylation is 1. The number of aromatic nitrogens is 1. The Hall–Kier alpha value is -2.82. The Balaban J connectivity index is 1.49. The van der Waals surface area contributed by atoms with Gasteiger partial charge in [0.1, 0.15) is 6.04 Å². The Morgan fingerprint density at radius 2 is 1.74 bits per heavy atom. The van der Waals surface area contributed by atoms with E-state index in [9.17, 15) is 18.0 Å². The minimum absolute atomic E-state index is 0.0616. The lowest BCUT2D eigenvalue weighted by molar-refractivity contribution is -0.133. The molecular formula is C24H29ClN4O5S. The van der Waals surface area contributed by atoms with Crippen LogP contribution in [0.4, 0.5) is 5.69 Å². The highest BCUT2D eigenvalue weighted by Gasteiger charge is 2.32. The SMILES string of the molecule is CC(C)CC(NS(=O)(=O)c1ccc2c(c1)oc(=O)n2C)C(=O)N1CCN(c2ccc(Cl)cc2)CC1. The van der Waals surface area contributed by atoms with Crippen LogP contribution >= 0.6 is 11.6 Å². The standard InChI is InChI=1S/C24H29ClN4O5S/c1-16(2)14-20(23(30)29-12-10-28(11-13-29)18-6-4-17(25)5-7-18)26-35(32,33)19-8-9-21-22(15-19)34-24(31)27(21)3/h4-9,15-16,20,26H,10-14H2,1-3H3. The molecule has 0 bridgehead atoms. The third kappa shape index (κ3) is 5.55. The molecule has 1 aromatic heterocycles. The monoisotopic (exact) mass is 520 g/mol. The molecule has 1 N–H and O–H groups in total. The van der Waals surface area contributed by atoms with E-state index in [1.54, 1.807) is 11.9 Å². The normalized spacial score (nSPS) is 15.7. The third-order valence-corrected chi connectivity index (χ3v) is 7.88. The molecule has 2 heterocycles. The zero-order chi connectivity index (χ0) is 25.3. The van der Waals surface area contributed by atoms with E-state index in [0.29, 0.717) is 43.1 Å². The van der Waals surface area contributed by atoms with Gasteiger partial charge in [-0.15, -0.1) is 0 Å². The summed E-state index contributed by atoms with van der Waals surface area (Å²) >= 11 is 5.98. The van der Waals surface area contributed by atoms with Crippen molar-refractivity contribution < 1.29 is 17.6 Å². The van der Waals surface area contributed by atoms with Crippen molar-refractivity contribution in [1.29, 1.82) is 0 Å². The predicted molar refractivity (Wildman–Crippen MR) is 135 cm³/mol. The molecule has 1 aliphatic rings. The van der Waals surface area contributed by atoms with Crippen LogP contribution in [0.1, 0.15) is 20.3 Å². The molecule has 2 aromatic carbocycles. The van der Waals surface area contributed by atoms with Crippen LogP contribution in [0.3, 0.4) is 0 Å². The molecule has 1 fully saturated rings. The number of fused-ring (bicyclic) bond motifs is 1. The third-order valence-electron chi connectivity index (χ3n) is 6.16. The molecule has 1 amide bonds. The molecule has 9 nitrogen and oxygen atoms in total. The van der Waals surface area contributed by atoms with Crippen molar-refractivity contribution in [1.82, 2.24) is 14.2 Å². The van der Waals surface area contributed by atoms with Gasteiger partial charge in [0.05, 0.1) is 10.4 Å². The molecule has 0 spiro atoms. The molecule has 35 heavy (non-hydrogen) atoms. The fraction of sp³-hybridized carbons (Fsp3) is 0.417. The Morgan fingerprint density at radius 1 is 1.09 bits per heavy atom. The highest BCUT2D eigenvalue weighted by molar-refractivity contribution is 7.89. The molecular weight excluding hydrogens is 492 g/mol. The number of hydrogen-bond acceptors (Lipinski definition) is 6. The number of benzene rings is 2. The van der Waals surface area contributed by atoms with Crippen molar-refractivity contribution in [3.63, 3.8) is 0 Å². The zero-order valence-electron chi connectivity index (χ0n) is 19.9. The van der Waals surface area contributed by atoms with E-state index >= 15 is 0 Å². The van der Waals surface area contributed by atoms with Crippen LogP contribution in [0.5, 0.6) is 0 Å². The molecule has 4 rings (SSSR count). The van der Waals surface area contributed by atoms with Gasteiger partial charge < -0.3 is 14.2 Å². The summed E-state index contributed by atoms with van der Waals surface area (Å²) in [6.07, 6.45) is 0.359. The molecule has 0 radical (unpaired) electrons. The maximum absolute atomic E-state index is 13.4. The van der Waals surface area contributed by atoms with Crippen LogP contribution in [0.15, 0.2) is 56.6 Å². The largest absolute Gasteiger partial charge is 0.419 e. The van der Waals surface area contributed by atoms with E-state index in [0.717, 1.165) is 5.69 Å². The van der Waals surface area contributed by atoms with Crippen molar-refractivity contribution in [2.75, 3.05) is 31.1 Å². The van der Waals surface area contributed by atoms with E-state index in [-0.39, 0.29) is 22.3 Å². The van der Waals surface area contributed by atoms with Gasteiger partial charge in [-0.2, -0.15) is 4.72 Å². The molecule has 1 unspecified atom stereocenters. The number of amides is 1. The lowest BCUT2D eigenvalue weighted by Gasteiger charge is -2.38.